The Morgan fingerprint density at radius 2 is 2.05 bits per heavy atom. The van der Waals surface area contributed by atoms with Gasteiger partial charge in [-0.15, -0.1) is 0 Å². The molecular weight excluding hydrogens is 284 g/mol. The van der Waals surface area contributed by atoms with Crippen LogP contribution in [0.5, 0.6) is 5.75 Å². The minimum atomic E-state index is -0.992. The quantitative estimate of drug-likeness (QED) is 0.790. The van der Waals surface area contributed by atoms with E-state index in [0.717, 1.165) is 18.4 Å². The van der Waals surface area contributed by atoms with E-state index in [4.69, 9.17) is 15.2 Å². The number of nitrogens with one attached hydrogen (secondary N) is 1. The zero-order valence-corrected chi connectivity index (χ0v) is 12.9. The van der Waals surface area contributed by atoms with Crippen LogP contribution in [0.25, 0.3) is 0 Å². The Bertz CT molecular complexity index is 553. The van der Waals surface area contributed by atoms with Crippen LogP contribution in [0.2, 0.25) is 0 Å². The first-order valence-electron chi connectivity index (χ1n) is 7.35. The number of amides is 2. The maximum Gasteiger partial charge on any atom is 0.237 e. The first kappa shape index (κ1) is 16.3. The van der Waals surface area contributed by atoms with Gasteiger partial charge in [-0.2, -0.15) is 0 Å². The molecule has 22 heavy (non-hydrogen) atoms. The first-order valence-corrected chi connectivity index (χ1v) is 7.35. The highest BCUT2D eigenvalue weighted by Crippen LogP contribution is 2.24. The minimum absolute atomic E-state index is 0.0293. The fourth-order valence-corrected chi connectivity index (χ4v) is 2.65. The second-order valence-electron chi connectivity index (χ2n) is 5.45. The number of methoxy groups -OCH3 is 1. The number of carbonyl (C=O) groups is 2. The molecule has 0 saturated carbocycles. The van der Waals surface area contributed by atoms with Crippen LogP contribution in [0, 0.1) is 6.92 Å². The van der Waals surface area contributed by atoms with Crippen LogP contribution < -0.4 is 15.8 Å². The number of nitrogens with two attached hydrogens (primary N) is 1. The summed E-state index contributed by atoms with van der Waals surface area (Å²) in [5.74, 6) is -1.33. The van der Waals surface area contributed by atoms with Gasteiger partial charge in [-0.3, -0.25) is 9.59 Å². The van der Waals surface area contributed by atoms with Crippen molar-refractivity contribution in [2.24, 2.45) is 5.73 Å². The lowest BCUT2D eigenvalue weighted by molar-refractivity contribution is -0.130. The summed E-state index contributed by atoms with van der Waals surface area (Å²) in [5.41, 5.74) is 6.86. The standard InChI is InChI=1S/C16H22N2O4/c1-10-9-12(21-2)3-4-13(10)14(15(17)19)16(20)18-11-5-7-22-8-6-11/h3-4,9,11,14H,5-8H2,1-2H3,(H2,17,19)(H,18,20)/t14-/m0/s1. The first-order chi connectivity index (χ1) is 10.5. The van der Waals surface area contributed by atoms with E-state index in [2.05, 4.69) is 5.32 Å². The van der Waals surface area contributed by atoms with E-state index in [-0.39, 0.29) is 11.9 Å². The molecule has 0 aromatic heterocycles. The highest BCUT2D eigenvalue weighted by Gasteiger charge is 2.30. The van der Waals surface area contributed by atoms with Crippen LogP contribution in [-0.4, -0.2) is 38.2 Å². The van der Waals surface area contributed by atoms with Crippen LogP contribution >= 0.6 is 0 Å². The molecule has 6 nitrogen and oxygen atoms in total. The van der Waals surface area contributed by atoms with Crippen molar-refractivity contribution in [3.63, 3.8) is 0 Å². The van der Waals surface area contributed by atoms with Crippen molar-refractivity contribution in [1.82, 2.24) is 5.32 Å². The van der Waals surface area contributed by atoms with E-state index >= 15 is 0 Å². The molecule has 1 saturated heterocycles. The topological polar surface area (TPSA) is 90.7 Å². The summed E-state index contributed by atoms with van der Waals surface area (Å²) in [6.45, 7) is 3.07. The molecule has 1 heterocycles. The lowest BCUT2D eigenvalue weighted by Crippen LogP contribution is -2.44. The number of ether oxygens (including phenoxy) is 2. The van der Waals surface area contributed by atoms with Gasteiger partial charge in [-0.25, -0.2) is 0 Å². The zero-order chi connectivity index (χ0) is 16.1. The second kappa shape index (κ2) is 7.26. The van der Waals surface area contributed by atoms with Gasteiger partial charge in [0.2, 0.25) is 11.8 Å². The summed E-state index contributed by atoms with van der Waals surface area (Å²) in [7, 11) is 1.57. The molecule has 1 aliphatic heterocycles. The number of rotatable bonds is 5. The Labute approximate surface area is 130 Å². The van der Waals surface area contributed by atoms with Crippen molar-refractivity contribution in [3.8, 4) is 5.75 Å². The van der Waals surface area contributed by atoms with Crippen molar-refractivity contribution in [2.75, 3.05) is 20.3 Å². The van der Waals surface area contributed by atoms with Crippen LogP contribution in [-0.2, 0) is 14.3 Å². The molecule has 1 fully saturated rings. The Kier molecular flexibility index (Phi) is 5.38. The predicted molar refractivity (Wildman–Crippen MR) is 81.7 cm³/mol. The van der Waals surface area contributed by atoms with Crippen molar-refractivity contribution in [2.45, 2.75) is 31.7 Å². The van der Waals surface area contributed by atoms with Gasteiger partial charge in [0.25, 0.3) is 0 Å². The third-order valence-corrected chi connectivity index (χ3v) is 3.90. The van der Waals surface area contributed by atoms with Crippen molar-refractivity contribution >= 4 is 11.8 Å². The monoisotopic (exact) mass is 306 g/mol. The lowest BCUT2D eigenvalue weighted by atomic mass is 9.92. The summed E-state index contributed by atoms with van der Waals surface area (Å²) in [6, 6.07) is 5.25. The van der Waals surface area contributed by atoms with Gasteiger partial charge in [-0.1, -0.05) is 6.07 Å². The van der Waals surface area contributed by atoms with Gasteiger partial charge < -0.3 is 20.5 Å². The maximum atomic E-state index is 12.5. The molecule has 0 spiro atoms. The lowest BCUT2D eigenvalue weighted by Gasteiger charge is -2.25. The van der Waals surface area contributed by atoms with Crippen molar-refractivity contribution < 1.29 is 19.1 Å². The molecule has 1 atom stereocenters. The smallest absolute Gasteiger partial charge is 0.237 e. The molecule has 3 N–H and O–H groups in total. The molecule has 0 radical (unpaired) electrons. The second-order valence-corrected chi connectivity index (χ2v) is 5.45. The van der Waals surface area contributed by atoms with Gasteiger partial charge in [0.15, 0.2) is 0 Å². The SMILES string of the molecule is COc1ccc([C@@H](C(N)=O)C(=O)NC2CCOCC2)c(C)c1. The Hall–Kier alpha value is -2.08. The molecule has 1 aromatic rings. The molecule has 120 valence electrons. The van der Waals surface area contributed by atoms with Crippen molar-refractivity contribution in [3.05, 3.63) is 29.3 Å². The Morgan fingerprint density at radius 3 is 2.59 bits per heavy atom. The highest BCUT2D eigenvalue weighted by molar-refractivity contribution is 6.05. The number of carbonyl (C=O) groups excluding carboxylic acids is 2. The number of hydrogen-bond acceptors (Lipinski definition) is 4. The number of primary amides is 1. The molecule has 0 aliphatic carbocycles. The molecule has 0 bridgehead atoms. The normalized spacial score (nSPS) is 16.8. The third-order valence-electron chi connectivity index (χ3n) is 3.90. The van der Waals surface area contributed by atoms with Gasteiger partial charge in [0.1, 0.15) is 11.7 Å². The summed E-state index contributed by atoms with van der Waals surface area (Å²) in [5, 5.41) is 2.90. The van der Waals surface area contributed by atoms with E-state index in [1.54, 1.807) is 25.3 Å². The number of hydrogen-bond donors (Lipinski definition) is 2. The average Bonchev–Trinajstić information content (AvgIpc) is 2.49. The maximum absolute atomic E-state index is 12.5. The fraction of sp³-hybridized carbons (Fsp3) is 0.500. The zero-order valence-electron chi connectivity index (χ0n) is 12.9. The fourth-order valence-electron chi connectivity index (χ4n) is 2.65. The van der Waals surface area contributed by atoms with Crippen LogP contribution in [0.1, 0.15) is 29.9 Å². The molecule has 2 rings (SSSR count). The number of aryl methyl sites for hydroxylation is 1. The van der Waals surface area contributed by atoms with Crippen LogP contribution in [0.3, 0.4) is 0 Å². The Morgan fingerprint density at radius 1 is 1.36 bits per heavy atom. The van der Waals surface area contributed by atoms with E-state index in [1.165, 1.54) is 0 Å². The third kappa shape index (κ3) is 3.76. The van der Waals surface area contributed by atoms with E-state index in [9.17, 15) is 9.59 Å². The van der Waals surface area contributed by atoms with Crippen LogP contribution in [0.15, 0.2) is 18.2 Å². The van der Waals surface area contributed by atoms with Crippen molar-refractivity contribution in [1.29, 1.82) is 0 Å². The predicted octanol–water partition coefficient (Wildman–Crippen LogP) is 0.868. The van der Waals surface area contributed by atoms with Gasteiger partial charge in [-0.05, 0) is 43.0 Å². The van der Waals surface area contributed by atoms with E-state index < -0.39 is 11.8 Å². The van der Waals surface area contributed by atoms with E-state index in [0.29, 0.717) is 24.5 Å². The molecule has 6 heteroatoms. The van der Waals surface area contributed by atoms with Gasteiger partial charge in [0, 0.05) is 19.3 Å². The summed E-state index contributed by atoms with van der Waals surface area (Å²) in [6.07, 6.45) is 1.50. The average molecular weight is 306 g/mol. The largest absolute Gasteiger partial charge is 0.497 e. The Balaban J connectivity index is 2.18. The summed E-state index contributed by atoms with van der Waals surface area (Å²) in [4.78, 5) is 24.3. The molecule has 0 unspecified atom stereocenters. The highest BCUT2D eigenvalue weighted by atomic mass is 16.5. The van der Waals surface area contributed by atoms with Gasteiger partial charge in [0.05, 0.1) is 7.11 Å². The molecule has 2 amide bonds. The van der Waals surface area contributed by atoms with Gasteiger partial charge >= 0.3 is 0 Å². The van der Waals surface area contributed by atoms with Crippen LogP contribution in [0.4, 0.5) is 0 Å². The molecular formula is C16H22N2O4. The summed E-state index contributed by atoms with van der Waals surface area (Å²) >= 11 is 0. The number of benzene rings is 1. The minimum Gasteiger partial charge on any atom is -0.497 e. The molecule has 1 aliphatic rings. The van der Waals surface area contributed by atoms with E-state index in [1.807, 2.05) is 6.92 Å². The molecule has 1 aromatic carbocycles. The summed E-state index contributed by atoms with van der Waals surface area (Å²) < 4.78 is 10.4.